The first-order chi connectivity index (χ1) is 9.10. The molecule has 0 bridgehead atoms. The minimum Gasteiger partial charge on any atom is -0.496 e. The molecule has 2 nitrogen and oxygen atoms in total. The Kier molecular flexibility index (Phi) is 4.46. The van der Waals surface area contributed by atoms with Crippen molar-refractivity contribution in [3.05, 3.63) is 64.2 Å². The summed E-state index contributed by atoms with van der Waals surface area (Å²) in [4.78, 5) is 0. The van der Waals surface area contributed by atoms with Crippen LogP contribution in [-0.4, -0.2) is 12.2 Å². The van der Waals surface area contributed by atoms with E-state index in [9.17, 15) is 5.11 Å². The van der Waals surface area contributed by atoms with Crippen molar-refractivity contribution < 1.29 is 9.84 Å². The van der Waals surface area contributed by atoms with Crippen molar-refractivity contribution in [3.8, 4) is 5.75 Å². The first-order valence-corrected chi connectivity index (χ1v) is 6.55. The Balaban J connectivity index is 2.19. The molecule has 19 heavy (non-hydrogen) atoms. The van der Waals surface area contributed by atoms with Gasteiger partial charge in [0.2, 0.25) is 0 Å². The van der Waals surface area contributed by atoms with Crippen LogP contribution in [-0.2, 0) is 6.42 Å². The number of aliphatic hydroxyl groups excluding tert-OH is 1. The summed E-state index contributed by atoms with van der Waals surface area (Å²) in [5.74, 6) is 0.618. The average molecular weight is 277 g/mol. The zero-order chi connectivity index (χ0) is 13.8. The molecule has 2 aromatic rings. The van der Waals surface area contributed by atoms with Crippen molar-refractivity contribution in [1.29, 1.82) is 0 Å². The van der Waals surface area contributed by atoms with E-state index in [0.717, 1.165) is 11.1 Å². The lowest BCUT2D eigenvalue weighted by Gasteiger charge is -2.15. The highest BCUT2D eigenvalue weighted by atomic mass is 35.5. The van der Waals surface area contributed by atoms with E-state index >= 15 is 0 Å². The summed E-state index contributed by atoms with van der Waals surface area (Å²) in [5, 5.41) is 10.9. The third kappa shape index (κ3) is 3.49. The molecule has 2 aromatic carbocycles. The fraction of sp³-hybridized carbons (Fsp3) is 0.250. The monoisotopic (exact) mass is 276 g/mol. The largest absolute Gasteiger partial charge is 0.496 e. The minimum absolute atomic E-state index is 0.554. The number of rotatable bonds is 4. The predicted octanol–water partition coefficient (Wildman–Crippen LogP) is 3.93. The maximum atomic E-state index is 10.3. The highest BCUT2D eigenvalue weighted by molar-refractivity contribution is 6.30. The van der Waals surface area contributed by atoms with Gasteiger partial charge in [0.05, 0.1) is 13.2 Å². The number of methoxy groups -OCH3 is 1. The van der Waals surface area contributed by atoms with Gasteiger partial charge in [-0.2, -0.15) is 0 Å². The Labute approximate surface area is 118 Å². The molecule has 3 heteroatoms. The molecule has 0 fully saturated rings. The third-order valence-electron chi connectivity index (χ3n) is 3.10. The molecule has 1 N–H and O–H groups in total. The van der Waals surface area contributed by atoms with Gasteiger partial charge in [0, 0.05) is 17.0 Å². The van der Waals surface area contributed by atoms with Crippen molar-refractivity contribution in [3.63, 3.8) is 0 Å². The van der Waals surface area contributed by atoms with Crippen LogP contribution in [0.15, 0.2) is 42.5 Å². The Hall–Kier alpha value is -1.51. The molecule has 100 valence electrons. The van der Waals surface area contributed by atoms with Crippen LogP contribution in [0.1, 0.15) is 22.8 Å². The van der Waals surface area contributed by atoms with Gasteiger partial charge < -0.3 is 9.84 Å². The molecule has 0 aliphatic rings. The maximum absolute atomic E-state index is 10.3. The second-order valence-electron chi connectivity index (χ2n) is 4.59. The van der Waals surface area contributed by atoms with E-state index in [0.29, 0.717) is 17.2 Å². The van der Waals surface area contributed by atoms with E-state index in [2.05, 4.69) is 0 Å². The van der Waals surface area contributed by atoms with Crippen molar-refractivity contribution >= 4 is 11.6 Å². The number of hydrogen-bond acceptors (Lipinski definition) is 2. The standard InChI is InChI=1S/C16H17ClO2/c1-11-3-5-12(6-4-11)9-15(18)14-8-7-13(17)10-16(14)19-2/h3-8,10,15,18H,9H2,1-2H3. The predicted molar refractivity (Wildman–Crippen MR) is 77.8 cm³/mol. The van der Waals surface area contributed by atoms with Gasteiger partial charge in [-0.1, -0.05) is 47.5 Å². The first kappa shape index (κ1) is 13.9. The molecule has 0 saturated heterocycles. The Morgan fingerprint density at radius 3 is 2.47 bits per heavy atom. The van der Waals surface area contributed by atoms with Gasteiger partial charge in [-0.3, -0.25) is 0 Å². The number of hydrogen-bond donors (Lipinski definition) is 1. The zero-order valence-corrected chi connectivity index (χ0v) is 11.8. The minimum atomic E-state index is -0.602. The van der Waals surface area contributed by atoms with Crippen LogP contribution in [0.3, 0.4) is 0 Å². The van der Waals surface area contributed by atoms with E-state index in [1.54, 1.807) is 25.3 Å². The molecular weight excluding hydrogens is 260 g/mol. The molecule has 0 heterocycles. The molecule has 1 atom stereocenters. The first-order valence-electron chi connectivity index (χ1n) is 6.17. The second kappa shape index (κ2) is 6.09. The van der Waals surface area contributed by atoms with Crippen molar-refractivity contribution in [1.82, 2.24) is 0 Å². The van der Waals surface area contributed by atoms with Crippen molar-refractivity contribution in [2.45, 2.75) is 19.4 Å². The van der Waals surface area contributed by atoms with Crippen LogP contribution in [0, 0.1) is 6.92 Å². The summed E-state index contributed by atoms with van der Waals surface area (Å²) >= 11 is 5.92. The van der Waals surface area contributed by atoms with Gasteiger partial charge in [-0.15, -0.1) is 0 Å². The second-order valence-corrected chi connectivity index (χ2v) is 5.03. The summed E-state index contributed by atoms with van der Waals surface area (Å²) in [6.07, 6.45) is -0.0481. The number of ether oxygens (including phenoxy) is 1. The van der Waals surface area contributed by atoms with Crippen molar-refractivity contribution in [2.75, 3.05) is 7.11 Å². The van der Waals surface area contributed by atoms with Crippen LogP contribution in [0.25, 0.3) is 0 Å². The zero-order valence-electron chi connectivity index (χ0n) is 11.1. The summed E-state index contributed by atoms with van der Waals surface area (Å²) in [6.45, 7) is 2.04. The van der Waals surface area contributed by atoms with E-state index in [4.69, 9.17) is 16.3 Å². The topological polar surface area (TPSA) is 29.5 Å². The van der Waals surface area contributed by atoms with Gasteiger partial charge in [-0.05, 0) is 24.6 Å². The Morgan fingerprint density at radius 2 is 1.84 bits per heavy atom. The molecule has 0 saturated carbocycles. The molecular formula is C16H17ClO2. The number of aryl methyl sites for hydroxylation is 1. The van der Waals surface area contributed by atoms with Gasteiger partial charge in [0.1, 0.15) is 5.75 Å². The lowest BCUT2D eigenvalue weighted by Crippen LogP contribution is -2.04. The molecule has 0 spiro atoms. The van der Waals surface area contributed by atoms with E-state index in [-0.39, 0.29) is 0 Å². The lowest BCUT2D eigenvalue weighted by molar-refractivity contribution is 0.174. The number of aliphatic hydroxyl groups is 1. The quantitative estimate of drug-likeness (QED) is 0.917. The number of halogens is 1. The van der Waals surface area contributed by atoms with E-state index in [1.165, 1.54) is 5.56 Å². The van der Waals surface area contributed by atoms with Gasteiger partial charge in [-0.25, -0.2) is 0 Å². The van der Waals surface area contributed by atoms with Gasteiger partial charge >= 0.3 is 0 Å². The highest BCUT2D eigenvalue weighted by Crippen LogP contribution is 2.30. The maximum Gasteiger partial charge on any atom is 0.126 e. The average Bonchev–Trinajstić information content (AvgIpc) is 2.41. The summed E-state index contributed by atoms with van der Waals surface area (Å²) in [6, 6.07) is 13.4. The molecule has 0 aliphatic heterocycles. The van der Waals surface area contributed by atoms with E-state index < -0.39 is 6.10 Å². The van der Waals surface area contributed by atoms with Crippen molar-refractivity contribution in [2.24, 2.45) is 0 Å². The van der Waals surface area contributed by atoms with Gasteiger partial charge in [0.25, 0.3) is 0 Å². The SMILES string of the molecule is COc1cc(Cl)ccc1C(O)Cc1ccc(C)cc1. The molecule has 0 aromatic heterocycles. The normalized spacial score (nSPS) is 12.2. The Morgan fingerprint density at radius 1 is 1.16 bits per heavy atom. The van der Waals surface area contributed by atoms with Crippen LogP contribution < -0.4 is 4.74 Å². The fourth-order valence-electron chi connectivity index (χ4n) is 2.02. The third-order valence-corrected chi connectivity index (χ3v) is 3.34. The molecule has 2 rings (SSSR count). The molecule has 0 radical (unpaired) electrons. The lowest BCUT2D eigenvalue weighted by atomic mass is 10.00. The van der Waals surface area contributed by atoms with Crippen LogP contribution in [0.4, 0.5) is 0 Å². The molecule has 0 amide bonds. The smallest absolute Gasteiger partial charge is 0.126 e. The summed E-state index contributed by atoms with van der Waals surface area (Å²) in [5.41, 5.74) is 3.06. The highest BCUT2D eigenvalue weighted by Gasteiger charge is 2.14. The number of benzene rings is 2. The molecule has 0 aliphatic carbocycles. The summed E-state index contributed by atoms with van der Waals surface area (Å²) in [7, 11) is 1.58. The Bertz CT molecular complexity index is 549. The van der Waals surface area contributed by atoms with Crippen LogP contribution in [0.5, 0.6) is 5.75 Å². The van der Waals surface area contributed by atoms with E-state index in [1.807, 2.05) is 31.2 Å². The van der Waals surface area contributed by atoms with Crippen LogP contribution >= 0.6 is 11.6 Å². The van der Waals surface area contributed by atoms with Gasteiger partial charge in [0.15, 0.2) is 0 Å². The molecule has 1 unspecified atom stereocenters. The fourth-order valence-corrected chi connectivity index (χ4v) is 2.18. The summed E-state index contributed by atoms with van der Waals surface area (Å²) < 4.78 is 5.26. The van der Waals surface area contributed by atoms with Crippen LogP contribution in [0.2, 0.25) is 5.02 Å².